The van der Waals surface area contributed by atoms with Crippen molar-refractivity contribution in [1.82, 2.24) is 9.80 Å². The number of hydrogen-bond acceptors (Lipinski definition) is 4. The highest BCUT2D eigenvalue weighted by Gasteiger charge is 2.22. The predicted octanol–water partition coefficient (Wildman–Crippen LogP) is 1.93. The summed E-state index contributed by atoms with van der Waals surface area (Å²) in [5, 5.41) is 9.80. The summed E-state index contributed by atoms with van der Waals surface area (Å²) in [6.07, 6.45) is 0. The molecule has 19 heavy (non-hydrogen) atoms. The lowest BCUT2D eigenvalue weighted by Crippen LogP contribution is -2.51. The largest absolute Gasteiger partial charge is 0.504 e. The van der Waals surface area contributed by atoms with Crippen LogP contribution in [0.2, 0.25) is 0 Å². The number of aromatic hydroxyl groups is 1. The van der Waals surface area contributed by atoms with Gasteiger partial charge in [-0.1, -0.05) is 13.0 Å². The van der Waals surface area contributed by atoms with Crippen LogP contribution in [0.25, 0.3) is 0 Å². The predicted molar refractivity (Wildman–Crippen MR) is 76.6 cm³/mol. The fourth-order valence-corrected chi connectivity index (χ4v) is 2.78. The average molecular weight is 264 g/mol. The van der Waals surface area contributed by atoms with Gasteiger partial charge in [-0.25, -0.2) is 0 Å². The number of phenols is 1. The van der Waals surface area contributed by atoms with Crippen molar-refractivity contribution in [2.75, 3.05) is 33.3 Å². The van der Waals surface area contributed by atoms with Gasteiger partial charge in [0.05, 0.1) is 7.11 Å². The SMILES string of the molecule is CCN1CCN(Cc2ccc(OC)c(O)c2)CC1C. The molecule has 1 N–H and O–H groups in total. The molecule has 1 unspecified atom stereocenters. The van der Waals surface area contributed by atoms with Crippen molar-refractivity contribution in [3.05, 3.63) is 23.8 Å². The molecule has 106 valence electrons. The van der Waals surface area contributed by atoms with Crippen LogP contribution in [-0.4, -0.2) is 54.2 Å². The van der Waals surface area contributed by atoms with Crippen molar-refractivity contribution in [2.45, 2.75) is 26.4 Å². The monoisotopic (exact) mass is 264 g/mol. The van der Waals surface area contributed by atoms with Crippen molar-refractivity contribution < 1.29 is 9.84 Å². The van der Waals surface area contributed by atoms with E-state index in [4.69, 9.17) is 4.74 Å². The Morgan fingerprint density at radius 1 is 1.37 bits per heavy atom. The second-order valence-electron chi connectivity index (χ2n) is 5.22. The van der Waals surface area contributed by atoms with Crippen LogP contribution in [0.1, 0.15) is 19.4 Å². The molecule has 1 fully saturated rings. The third kappa shape index (κ3) is 3.39. The van der Waals surface area contributed by atoms with E-state index in [1.165, 1.54) is 0 Å². The van der Waals surface area contributed by atoms with Crippen molar-refractivity contribution in [3.8, 4) is 11.5 Å². The van der Waals surface area contributed by atoms with Gasteiger partial charge >= 0.3 is 0 Å². The van der Waals surface area contributed by atoms with Crippen LogP contribution in [0.3, 0.4) is 0 Å². The zero-order valence-electron chi connectivity index (χ0n) is 12.1. The van der Waals surface area contributed by atoms with E-state index in [2.05, 4.69) is 23.6 Å². The van der Waals surface area contributed by atoms with Gasteiger partial charge in [-0.05, 0) is 31.2 Å². The van der Waals surface area contributed by atoms with Crippen LogP contribution in [0.15, 0.2) is 18.2 Å². The summed E-state index contributed by atoms with van der Waals surface area (Å²) in [5.41, 5.74) is 1.13. The van der Waals surface area contributed by atoms with Crippen LogP contribution in [0.4, 0.5) is 0 Å². The Morgan fingerprint density at radius 2 is 2.16 bits per heavy atom. The van der Waals surface area contributed by atoms with E-state index in [9.17, 15) is 5.11 Å². The number of methoxy groups -OCH3 is 1. The Morgan fingerprint density at radius 3 is 2.74 bits per heavy atom. The molecule has 1 aliphatic rings. The maximum atomic E-state index is 9.80. The molecule has 1 aliphatic heterocycles. The molecule has 0 aromatic heterocycles. The minimum absolute atomic E-state index is 0.222. The highest BCUT2D eigenvalue weighted by molar-refractivity contribution is 5.41. The first kappa shape index (κ1) is 14.2. The number of phenolic OH excluding ortho intramolecular Hbond substituents is 1. The highest BCUT2D eigenvalue weighted by Crippen LogP contribution is 2.27. The Kier molecular flexibility index (Phi) is 4.66. The molecule has 0 spiro atoms. The number of likely N-dealkylation sites (N-methyl/N-ethyl adjacent to an activating group) is 1. The minimum Gasteiger partial charge on any atom is -0.504 e. The molecule has 0 bridgehead atoms. The molecular weight excluding hydrogens is 240 g/mol. The lowest BCUT2D eigenvalue weighted by molar-refractivity contribution is 0.0834. The maximum absolute atomic E-state index is 9.80. The van der Waals surface area contributed by atoms with Gasteiger partial charge in [0.2, 0.25) is 0 Å². The first-order valence-electron chi connectivity index (χ1n) is 6.96. The number of benzene rings is 1. The fourth-order valence-electron chi connectivity index (χ4n) is 2.78. The number of nitrogens with zero attached hydrogens (tertiary/aromatic N) is 2. The lowest BCUT2D eigenvalue weighted by Gasteiger charge is -2.39. The molecule has 2 rings (SSSR count). The van der Waals surface area contributed by atoms with Gasteiger partial charge in [0.25, 0.3) is 0 Å². The van der Waals surface area contributed by atoms with Crippen LogP contribution < -0.4 is 4.74 Å². The van der Waals surface area contributed by atoms with E-state index in [1.54, 1.807) is 13.2 Å². The van der Waals surface area contributed by atoms with Crippen LogP contribution in [0.5, 0.6) is 11.5 Å². The Labute approximate surface area is 115 Å². The summed E-state index contributed by atoms with van der Waals surface area (Å²) in [4.78, 5) is 4.94. The summed E-state index contributed by atoms with van der Waals surface area (Å²) >= 11 is 0. The number of ether oxygens (including phenoxy) is 1. The zero-order chi connectivity index (χ0) is 13.8. The zero-order valence-corrected chi connectivity index (χ0v) is 12.1. The standard InChI is InChI=1S/C15H24N2O2/c1-4-17-8-7-16(10-12(17)2)11-13-5-6-15(19-3)14(18)9-13/h5-6,9,12,18H,4,7-8,10-11H2,1-3H3. The lowest BCUT2D eigenvalue weighted by atomic mass is 10.1. The molecule has 4 nitrogen and oxygen atoms in total. The Hall–Kier alpha value is -1.26. The van der Waals surface area contributed by atoms with Gasteiger partial charge in [0, 0.05) is 32.2 Å². The molecular formula is C15H24N2O2. The molecule has 1 atom stereocenters. The number of rotatable bonds is 4. The van der Waals surface area contributed by atoms with Crippen molar-refractivity contribution in [2.24, 2.45) is 0 Å². The van der Waals surface area contributed by atoms with Gasteiger partial charge in [0.15, 0.2) is 11.5 Å². The molecule has 1 aromatic carbocycles. The Bertz CT molecular complexity index is 423. The van der Waals surface area contributed by atoms with Crippen LogP contribution in [0, 0.1) is 0 Å². The smallest absolute Gasteiger partial charge is 0.160 e. The van der Waals surface area contributed by atoms with Crippen molar-refractivity contribution in [1.29, 1.82) is 0 Å². The molecule has 1 aromatic rings. The molecule has 0 saturated carbocycles. The molecule has 4 heteroatoms. The second kappa shape index (κ2) is 6.26. The fraction of sp³-hybridized carbons (Fsp3) is 0.600. The number of piperazine rings is 1. The van der Waals surface area contributed by atoms with Crippen molar-refractivity contribution >= 4 is 0 Å². The Balaban J connectivity index is 1.96. The molecule has 1 heterocycles. The van der Waals surface area contributed by atoms with Crippen LogP contribution in [-0.2, 0) is 6.54 Å². The van der Waals surface area contributed by atoms with Gasteiger partial charge in [-0.15, -0.1) is 0 Å². The third-order valence-corrected chi connectivity index (χ3v) is 3.90. The highest BCUT2D eigenvalue weighted by atomic mass is 16.5. The summed E-state index contributed by atoms with van der Waals surface area (Å²) < 4.78 is 5.07. The van der Waals surface area contributed by atoms with Crippen molar-refractivity contribution in [3.63, 3.8) is 0 Å². The van der Waals surface area contributed by atoms with Gasteiger partial charge in [-0.2, -0.15) is 0 Å². The summed E-state index contributed by atoms with van der Waals surface area (Å²) in [6, 6.07) is 6.26. The van der Waals surface area contributed by atoms with Gasteiger partial charge < -0.3 is 9.84 Å². The maximum Gasteiger partial charge on any atom is 0.160 e. The first-order valence-corrected chi connectivity index (χ1v) is 6.96. The van der Waals surface area contributed by atoms with E-state index in [1.807, 2.05) is 12.1 Å². The van der Waals surface area contributed by atoms with E-state index in [0.29, 0.717) is 11.8 Å². The third-order valence-electron chi connectivity index (χ3n) is 3.90. The van der Waals surface area contributed by atoms with Gasteiger partial charge in [-0.3, -0.25) is 9.80 Å². The summed E-state index contributed by atoms with van der Waals surface area (Å²) in [5.74, 6) is 0.758. The van der Waals surface area contributed by atoms with E-state index < -0.39 is 0 Å². The first-order chi connectivity index (χ1) is 9.13. The topological polar surface area (TPSA) is 35.9 Å². The summed E-state index contributed by atoms with van der Waals surface area (Å²) in [6.45, 7) is 9.80. The second-order valence-corrected chi connectivity index (χ2v) is 5.22. The minimum atomic E-state index is 0.222. The normalized spacial score (nSPS) is 21.5. The molecule has 1 saturated heterocycles. The van der Waals surface area contributed by atoms with Crippen LogP contribution >= 0.6 is 0 Å². The van der Waals surface area contributed by atoms with E-state index in [0.717, 1.165) is 38.3 Å². The van der Waals surface area contributed by atoms with Gasteiger partial charge in [0.1, 0.15) is 0 Å². The van der Waals surface area contributed by atoms with E-state index >= 15 is 0 Å². The molecule has 0 aliphatic carbocycles. The number of hydrogen-bond donors (Lipinski definition) is 1. The average Bonchev–Trinajstić information content (AvgIpc) is 2.39. The summed E-state index contributed by atoms with van der Waals surface area (Å²) in [7, 11) is 1.57. The molecule has 0 amide bonds. The molecule has 0 radical (unpaired) electrons. The quantitative estimate of drug-likeness (QED) is 0.901. The van der Waals surface area contributed by atoms with E-state index in [-0.39, 0.29) is 5.75 Å².